The van der Waals surface area contributed by atoms with E-state index in [9.17, 15) is 5.48 Å². The predicted octanol–water partition coefficient (Wildman–Crippen LogP) is 13.2. The minimum absolute atomic E-state index is 0.0526. The molecule has 2 nitrogen and oxygen atoms in total. The van der Waals surface area contributed by atoms with Crippen molar-refractivity contribution in [1.82, 2.24) is 9.55 Å². The summed E-state index contributed by atoms with van der Waals surface area (Å²) in [5.41, 5.74) is 1.13. The highest BCUT2D eigenvalue weighted by molar-refractivity contribution is 6.21. The van der Waals surface area contributed by atoms with E-state index in [4.69, 9.17) is 20.6 Å². The summed E-state index contributed by atoms with van der Waals surface area (Å²) in [6.07, 6.45) is -2.81. The second-order valence-electron chi connectivity index (χ2n) is 12.8. The van der Waals surface area contributed by atoms with Gasteiger partial charge in [0.2, 0.25) is 0 Å². The van der Waals surface area contributed by atoms with Gasteiger partial charge in [-0.25, -0.2) is 4.98 Å². The van der Waals surface area contributed by atoms with Gasteiger partial charge in [0.1, 0.15) is 5.82 Å². The molecule has 1 aliphatic rings. The summed E-state index contributed by atoms with van der Waals surface area (Å²) in [6, 6.07) is 26.6. The maximum Gasteiger partial charge on any atom is 0.114 e. The first-order valence-electron chi connectivity index (χ1n) is 26.2. The molecule has 8 aromatic carbocycles. The predicted molar refractivity (Wildman–Crippen MR) is 219 cm³/mol. The molecule has 1 heterocycles. The quantitative estimate of drug-likeness (QED) is 0.165. The number of rotatable bonds is 5. The highest BCUT2D eigenvalue weighted by Gasteiger charge is 2.35. The lowest BCUT2D eigenvalue weighted by Gasteiger charge is -2.23. The highest BCUT2D eigenvalue weighted by atomic mass is 15.1. The van der Waals surface area contributed by atoms with Gasteiger partial charge in [-0.05, 0) is 108 Å². The summed E-state index contributed by atoms with van der Waals surface area (Å²) in [6.45, 7) is -9.33. The molecule has 0 fully saturated rings. The molecule has 0 radical (unpaired) electrons. The van der Waals surface area contributed by atoms with Crippen molar-refractivity contribution in [2.75, 3.05) is 0 Å². The van der Waals surface area contributed by atoms with Gasteiger partial charge >= 0.3 is 0 Å². The Balaban J connectivity index is 1.20. The number of benzene rings is 8. The Hall–Kier alpha value is -6.25. The van der Waals surface area contributed by atoms with Crippen LogP contribution in [0.1, 0.15) is 63.6 Å². The number of para-hydroxylation sites is 2. The van der Waals surface area contributed by atoms with Crippen molar-refractivity contribution in [3.05, 3.63) is 181 Å². The lowest BCUT2D eigenvalue weighted by molar-refractivity contribution is 0.660. The third-order valence-electron chi connectivity index (χ3n) is 10.0. The smallest absolute Gasteiger partial charge is 0.114 e. The number of aromatic nitrogens is 2. The van der Waals surface area contributed by atoms with E-state index in [0.29, 0.717) is 44.5 Å². The van der Waals surface area contributed by atoms with E-state index in [0.717, 1.165) is 0 Å². The van der Waals surface area contributed by atoms with Crippen LogP contribution in [0.3, 0.4) is 0 Å². The Kier molecular flexibility index (Phi) is 3.77. The van der Waals surface area contributed by atoms with Gasteiger partial charge < -0.3 is 0 Å². The zero-order valence-corrected chi connectivity index (χ0v) is 27.4. The van der Waals surface area contributed by atoms with Crippen LogP contribution in [0.2, 0.25) is 0 Å². The van der Waals surface area contributed by atoms with Crippen LogP contribution < -0.4 is 0 Å². The highest BCUT2D eigenvalue weighted by Crippen LogP contribution is 2.51. The van der Waals surface area contributed by atoms with Crippen LogP contribution in [0.15, 0.2) is 164 Å². The van der Waals surface area contributed by atoms with E-state index in [1.807, 2.05) is 0 Å². The Bertz CT molecular complexity index is 3620. The van der Waals surface area contributed by atoms with E-state index in [1.54, 1.807) is 103 Å². The summed E-state index contributed by atoms with van der Waals surface area (Å²) in [5, 5.41) is -0.465. The number of imidazole rings is 1. The number of fused-ring (bicyclic) bond motifs is 6. The van der Waals surface area contributed by atoms with Crippen molar-refractivity contribution >= 4 is 32.6 Å². The van der Waals surface area contributed by atoms with Crippen LogP contribution in [0.25, 0.3) is 82.8 Å². The van der Waals surface area contributed by atoms with Gasteiger partial charge in [0, 0.05) is 32.6 Å². The molecule has 0 aliphatic heterocycles. The first-order chi connectivity index (χ1) is 33.2. The molecule has 10 rings (SSSR count). The van der Waals surface area contributed by atoms with E-state index >= 15 is 0 Å². The molecule has 0 amide bonds. The van der Waals surface area contributed by atoms with Gasteiger partial charge in [0.05, 0.1) is 22.0 Å². The summed E-state index contributed by atoms with van der Waals surface area (Å²) in [5.74, 6) is -0.293. The fourth-order valence-corrected chi connectivity index (χ4v) is 7.64. The van der Waals surface area contributed by atoms with Crippen molar-refractivity contribution in [2.45, 2.75) is 32.3 Å². The third-order valence-corrected chi connectivity index (χ3v) is 10.0. The third kappa shape index (κ3) is 4.54. The lowest BCUT2D eigenvalue weighted by atomic mass is 9.80. The van der Waals surface area contributed by atoms with Crippen LogP contribution in [0.4, 0.5) is 0 Å². The normalized spacial score (nSPS) is 19.4. The number of hydrogen-bond acceptors (Lipinski definition) is 1. The van der Waals surface area contributed by atoms with Gasteiger partial charge in [-0.15, -0.1) is 0 Å². The molecule has 1 aliphatic carbocycles. The fraction of sp³-hybridized carbons (Fsp3) is 0.100. The maximum atomic E-state index is 9.43. The van der Waals surface area contributed by atoms with Crippen molar-refractivity contribution in [3.8, 4) is 50.2 Å². The topological polar surface area (TPSA) is 17.8 Å². The van der Waals surface area contributed by atoms with Crippen LogP contribution >= 0.6 is 0 Å². The number of hydrogen-bond donors (Lipinski definition) is 0. The molecule has 0 saturated heterocycles. The zero-order valence-electron chi connectivity index (χ0n) is 46.4. The average Bonchev–Trinajstić information content (AvgIpc) is 3.88. The minimum Gasteiger partial charge on any atom is -0.296 e. The molecule has 248 valence electrons. The van der Waals surface area contributed by atoms with Gasteiger partial charge in [-0.3, -0.25) is 4.57 Å². The second kappa shape index (κ2) is 11.6. The Morgan fingerprint density at radius 1 is 0.596 bits per heavy atom. The molecule has 0 saturated carbocycles. The first kappa shape index (κ1) is 16.8. The number of aryl methyl sites for hydroxylation is 1. The first-order valence-corrected chi connectivity index (χ1v) is 16.7. The van der Waals surface area contributed by atoms with Crippen LogP contribution in [-0.2, 0) is 11.8 Å². The molecule has 0 atom stereocenters. The van der Waals surface area contributed by atoms with Gasteiger partial charge in [-0.1, -0.05) is 154 Å². The molecule has 52 heavy (non-hydrogen) atoms. The summed E-state index contributed by atoms with van der Waals surface area (Å²) in [7, 11) is 0. The Morgan fingerprint density at radius 2 is 1.15 bits per heavy atom. The van der Waals surface area contributed by atoms with Crippen molar-refractivity contribution in [1.29, 1.82) is 0 Å². The van der Waals surface area contributed by atoms with E-state index in [2.05, 4.69) is 4.98 Å². The molecule has 1 aromatic heterocycles. The Labute approximate surface area is 331 Å². The van der Waals surface area contributed by atoms with Gasteiger partial charge in [0.25, 0.3) is 0 Å². The van der Waals surface area contributed by atoms with E-state index in [-0.39, 0.29) is 55.2 Å². The van der Waals surface area contributed by atoms with Gasteiger partial charge in [0.15, 0.2) is 0 Å². The molecule has 2 heteroatoms. The molecule has 0 spiro atoms. The summed E-state index contributed by atoms with van der Waals surface area (Å²) < 4.78 is 168. The molecule has 9 aromatic rings. The molecular formula is C50H38N2. The molecular weight excluding hydrogens is 629 g/mol. The summed E-state index contributed by atoms with van der Waals surface area (Å²) in [4.78, 5) is 4.39. The molecule has 0 unspecified atom stereocenters. The van der Waals surface area contributed by atoms with E-state index in [1.165, 1.54) is 16.7 Å². The minimum atomic E-state index is -3.15. The SMILES string of the molecule is [2H]c1c([2H])c([2H])c2c(-c3ccc4c(c3)C(C([2H])([2H])[2H])(C([2H])([2H])[2H])c3ccccc3-4)c3c([2H])c([2H])c([2H])c([2H])c3c(-c3ccc(-c4ccc(-n5c(C([2H])([2H])C([2H])([2H])[2H])nc6ccccc65)cc4)cc3)c2c1[2H]. The average molecular weight is 686 g/mol. The fourth-order valence-electron chi connectivity index (χ4n) is 7.64. The monoisotopic (exact) mass is 685 g/mol. The summed E-state index contributed by atoms with van der Waals surface area (Å²) >= 11 is 0. The molecule has 0 bridgehead atoms. The van der Waals surface area contributed by atoms with E-state index < -0.39 is 80.7 Å². The van der Waals surface area contributed by atoms with Crippen molar-refractivity contribution in [3.63, 3.8) is 0 Å². The zero-order chi connectivity index (χ0) is 51.2. The van der Waals surface area contributed by atoms with Gasteiger partial charge in [-0.2, -0.15) is 0 Å². The number of nitrogens with zero attached hydrogens (tertiary/aromatic N) is 2. The Morgan fingerprint density at radius 3 is 1.83 bits per heavy atom. The second-order valence-corrected chi connectivity index (χ2v) is 12.8. The van der Waals surface area contributed by atoms with Crippen LogP contribution in [-0.4, -0.2) is 9.55 Å². The standard InChI is InChI=1S/C50H38N2/c1-4-47-51-45-19-11-12-20-46(45)52(47)36-28-25-33(26-29-36)32-21-23-34(24-22-32)48-39-14-5-7-16-41(39)49(42-17-8-6-15-40(42)48)35-27-30-38-37-13-9-10-18-43(37)50(2,3)44(38)31-35/h5-31H,4H2,1-3H3/i1D3,2D3,3D3,4D2,5D,6D,7D,8D,14D,15D,16D,17D. The maximum absolute atomic E-state index is 9.43. The van der Waals surface area contributed by atoms with Crippen LogP contribution in [0.5, 0.6) is 0 Å². The largest absolute Gasteiger partial charge is 0.296 e. The van der Waals surface area contributed by atoms with Crippen molar-refractivity contribution in [2.24, 2.45) is 0 Å². The van der Waals surface area contributed by atoms with Crippen LogP contribution in [0, 0.1) is 0 Å². The lowest BCUT2D eigenvalue weighted by Crippen LogP contribution is -2.14. The van der Waals surface area contributed by atoms with Crippen molar-refractivity contribution < 1.29 is 26.0 Å². The molecule has 0 N–H and O–H groups in total.